The molecule has 20 aromatic carbocycles. The second-order valence-corrected chi connectivity index (χ2v) is 35.1. The third-order valence-corrected chi connectivity index (χ3v) is 28.0. The van der Waals surface area contributed by atoms with Crippen LogP contribution in [0.2, 0.25) is 0 Å². The number of fused-ring (bicyclic) bond motifs is 24. The van der Waals surface area contributed by atoms with Gasteiger partial charge in [0.15, 0.2) is 0 Å². The summed E-state index contributed by atoms with van der Waals surface area (Å²) in [6.07, 6.45) is 0. The predicted octanol–water partition coefficient (Wildman–Crippen LogP) is 34.0. The second kappa shape index (κ2) is 31.6. The van der Waals surface area contributed by atoms with E-state index in [1.165, 1.54) is 106 Å². The molecule has 7 nitrogen and oxygen atoms in total. The normalized spacial score (nSPS) is 13.0. The van der Waals surface area contributed by atoms with Gasteiger partial charge in [0.1, 0.15) is 34.0 Å². The molecule has 0 saturated carbocycles. The van der Waals surface area contributed by atoms with E-state index in [1.807, 2.05) is 28.8 Å². The molecule has 2 aromatic heterocycles. The number of furan rings is 2. The van der Waals surface area contributed by atoms with Gasteiger partial charge in [-0.15, -0.1) is 0 Å². The highest BCUT2D eigenvalue weighted by atomic mass is 32.2. The maximum atomic E-state index is 14.2. The van der Waals surface area contributed by atoms with E-state index < -0.39 is 10.8 Å². The summed E-state index contributed by atoms with van der Waals surface area (Å²) in [7, 11) is 0. The van der Waals surface area contributed by atoms with E-state index in [1.54, 1.807) is 24.3 Å². The molecular weight excluding hydrogens is 1640 g/mol. The van der Waals surface area contributed by atoms with Gasteiger partial charge in [0.05, 0.1) is 22.2 Å². The van der Waals surface area contributed by atoms with Gasteiger partial charge in [-0.25, -0.2) is 8.78 Å². The van der Waals surface area contributed by atoms with Crippen LogP contribution in [0.4, 0.5) is 94.1 Å². The molecule has 4 aliphatic rings. The molecule has 0 saturated heterocycles. The van der Waals surface area contributed by atoms with Crippen LogP contribution in [-0.4, -0.2) is 0 Å². The van der Waals surface area contributed by atoms with Gasteiger partial charge in [0, 0.05) is 117 Å². The Morgan fingerprint density at radius 2 is 0.523 bits per heavy atom. The molecule has 10 heteroatoms. The summed E-state index contributed by atoms with van der Waals surface area (Å²) < 4.78 is 41.7. The molecule has 2 spiro atoms. The third kappa shape index (κ3) is 12.5. The van der Waals surface area contributed by atoms with Crippen molar-refractivity contribution < 1.29 is 17.6 Å². The van der Waals surface area contributed by atoms with E-state index >= 15 is 0 Å². The van der Waals surface area contributed by atoms with Gasteiger partial charge in [-0.2, -0.15) is 0 Å². The van der Waals surface area contributed by atoms with Crippen molar-refractivity contribution in [3.63, 3.8) is 0 Å². The molecule has 26 rings (SSSR count). The van der Waals surface area contributed by atoms with Crippen molar-refractivity contribution in [3.8, 4) is 33.4 Å². The zero-order valence-electron chi connectivity index (χ0n) is 71.3. The fourth-order valence-electron chi connectivity index (χ4n) is 21.3. The Hall–Kier alpha value is -16.8. The van der Waals surface area contributed by atoms with Crippen molar-refractivity contribution in [1.82, 2.24) is 0 Å². The summed E-state index contributed by atoms with van der Waals surface area (Å²) in [4.78, 5) is 14.0. The molecule has 132 heavy (non-hydrogen) atoms. The molecule has 0 amide bonds. The predicted molar refractivity (Wildman–Crippen MR) is 538 cm³/mol. The lowest BCUT2D eigenvalue weighted by Gasteiger charge is -2.45. The van der Waals surface area contributed by atoms with Crippen LogP contribution in [0, 0.1) is 11.6 Å². The number of para-hydroxylation sites is 5. The number of hydrogen-bond acceptors (Lipinski definition) is 8. The van der Waals surface area contributed by atoms with E-state index in [-0.39, 0.29) is 11.6 Å². The maximum Gasteiger partial charge on any atom is 0.137 e. The first-order valence-electron chi connectivity index (χ1n) is 44.6. The van der Waals surface area contributed by atoms with E-state index in [9.17, 15) is 8.78 Å². The first-order valence-corrected chi connectivity index (χ1v) is 45.4. The molecule has 624 valence electrons. The van der Waals surface area contributed by atoms with Gasteiger partial charge in [-0.1, -0.05) is 267 Å². The Balaban J connectivity index is 0.000000145. The van der Waals surface area contributed by atoms with Gasteiger partial charge < -0.3 is 33.3 Å². The van der Waals surface area contributed by atoms with Crippen molar-refractivity contribution in [3.05, 3.63) is 535 Å². The molecule has 0 atom stereocenters. The Bertz CT molecular complexity index is 8060. The highest BCUT2D eigenvalue weighted by molar-refractivity contribution is 7.99. The molecule has 0 bridgehead atoms. The molecule has 0 fully saturated rings. The van der Waals surface area contributed by atoms with E-state index in [4.69, 9.17) is 8.83 Å². The number of hydrogen-bond donors (Lipinski definition) is 0. The zero-order chi connectivity index (χ0) is 87.5. The molecule has 0 N–H and O–H groups in total. The van der Waals surface area contributed by atoms with Crippen LogP contribution in [0.1, 0.15) is 44.5 Å². The van der Waals surface area contributed by atoms with Crippen LogP contribution < -0.4 is 24.5 Å². The van der Waals surface area contributed by atoms with Crippen molar-refractivity contribution in [1.29, 1.82) is 0 Å². The number of nitrogens with zero attached hydrogens (tertiary/aromatic N) is 5. The van der Waals surface area contributed by atoms with Crippen LogP contribution in [0.15, 0.2) is 498 Å². The molecule has 22 aromatic rings. The highest BCUT2D eigenvalue weighted by Crippen LogP contribution is 2.66. The Morgan fingerprint density at radius 1 is 0.205 bits per heavy atom. The molecular formula is C122H79F2N5O2S. The van der Waals surface area contributed by atoms with Crippen LogP contribution in [0.3, 0.4) is 0 Å². The smallest absolute Gasteiger partial charge is 0.137 e. The average Bonchev–Trinajstić information content (AvgIpc) is 1.08. The SMILES string of the molecule is Fc1ccc(N(c2ccc(F)cc2)c2ccc3c(c2)oc2ccc(N(c4ccccc4)c4ccc5c(c4)N(c4ccc(-c6ccccc6)cc4)c4ccccc4C54c5ccccc5-c5ccccc54)cc23)cc1.c1ccc(N(c2ccccc2)c2ccc3c(c2)oc2ccc(N(c4ccccc4)c4ccc5c(c4)C4(c6ccccc6S5)c5ccccc5-c5ccccc54)cc23)cc1. The van der Waals surface area contributed by atoms with Crippen molar-refractivity contribution >= 4 is 141 Å². The summed E-state index contributed by atoms with van der Waals surface area (Å²) in [6, 6.07) is 168. The largest absolute Gasteiger partial charge is 0.456 e. The lowest BCUT2D eigenvalue weighted by Crippen LogP contribution is -2.36. The lowest BCUT2D eigenvalue weighted by atomic mass is 9.64. The molecule has 2 aliphatic carbocycles. The summed E-state index contributed by atoms with van der Waals surface area (Å²) >= 11 is 1.87. The van der Waals surface area contributed by atoms with Crippen molar-refractivity contribution in [2.24, 2.45) is 0 Å². The topological polar surface area (TPSA) is 42.5 Å². The minimum Gasteiger partial charge on any atom is -0.456 e. The average molecular weight is 1720 g/mol. The molecule has 0 unspecified atom stereocenters. The quantitative estimate of drug-likeness (QED) is 0.107. The molecule has 2 aliphatic heterocycles. The van der Waals surface area contributed by atoms with Crippen molar-refractivity contribution in [2.45, 2.75) is 20.6 Å². The van der Waals surface area contributed by atoms with E-state index in [0.29, 0.717) is 5.58 Å². The van der Waals surface area contributed by atoms with Crippen LogP contribution in [-0.2, 0) is 10.8 Å². The lowest BCUT2D eigenvalue weighted by molar-refractivity contribution is 0.628. The first-order chi connectivity index (χ1) is 65.3. The van der Waals surface area contributed by atoms with Gasteiger partial charge in [-0.05, 0) is 290 Å². The van der Waals surface area contributed by atoms with Gasteiger partial charge in [0.25, 0.3) is 0 Å². The minimum atomic E-state index is -0.591. The third-order valence-electron chi connectivity index (χ3n) is 26.8. The number of rotatable bonds is 14. The van der Waals surface area contributed by atoms with Crippen LogP contribution in [0.25, 0.3) is 77.3 Å². The Morgan fingerprint density at radius 3 is 0.992 bits per heavy atom. The summed E-state index contributed by atoms with van der Waals surface area (Å²) in [6.45, 7) is 0. The van der Waals surface area contributed by atoms with Gasteiger partial charge >= 0.3 is 0 Å². The highest BCUT2D eigenvalue weighted by Gasteiger charge is 2.53. The fraction of sp³-hybridized carbons (Fsp3) is 0.0164. The van der Waals surface area contributed by atoms with Crippen LogP contribution in [0.5, 0.6) is 0 Å². The first kappa shape index (κ1) is 77.5. The number of anilines is 15. The standard InChI is InChI=1S/C67H43F2N3O.C55H36N2OS/c68-46-25-31-49(32-26-46)70(50-33-27-47(69)28-34-50)54-35-38-57-58-41-52(37-40-65(58)73-66(57)43-54)71(48-15-5-2-6-16-48)53-36-39-62-64(42-53)72(51-29-23-45(24-30-51)44-13-3-1-4-14-44)63-22-12-11-21-61(63)67(62)59-19-9-7-17-55(59)56-18-8-10-20-60(56)67;1-4-16-37(17-5-1)56(38-18-6-2-7-19-38)42-28-31-45-46-34-40(29-32-51(46)58-52(45)36-42)57(39-20-8-3-9-21-39)41-30-33-54-50(35-41)55(49-26-14-15-27-53(49)59-54)47-24-12-10-22-43(47)44-23-11-13-25-48(44)55/h1-43H;1-36H. The number of benzene rings is 20. The zero-order valence-corrected chi connectivity index (χ0v) is 72.1. The molecule has 0 radical (unpaired) electrons. The summed E-state index contributed by atoms with van der Waals surface area (Å²) in [5.41, 5.74) is 34.8. The fourth-order valence-corrected chi connectivity index (χ4v) is 22.4. The van der Waals surface area contributed by atoms with E-state index in [0.717, 1.165) is 129 Å². The van der Waals surface area contributed by atoms with Crippen LogP contribution >= 0.6 is 11.8 Å². The number of halogens is 2. The monoisotopic (exact) mass is 1720 g/mol. The molecule has 4 heterocycles. The Kier molecular flexibility index (Phi) is 18.6. The van der Waals surface area contributed by atoms with Crippen molar-refractivity contribution in [2.75, 3.05) is 24.5 Å². The maximum absolute atomic E-state index is 14.2. The second-order valence-electron chi connectivity index (χ2n) is 34.0. The summed E-state index contributed by atoms with van der Waals surface area (Å²) in [5, 5.41) is 4.06. The summed E-state index contributed by atoms with van der Waals surface area (Å²) in [5.74, 6) is -0.672. The Labute approximate surface area is 767 Å². The van der Waals surface area contributed by atoms with Gasteiger partial charge in [-0.3, -0.25) is 0 Å². The van der Waals surface area contributed by atoms with E-state index in [2.05, 4.69) is 438 Å². The minimum absolute atomic E-state index is 0.336. The van der Waals surface area contributed by atoms with Gasteiger partial charge in [0.2, 0.25) is 0 Å².